The first kappa shape index (κ1) is 17.7. The normalized spacial score (nSPS) is 10.5. The first-order valence-corrected chi connectivity index (χ1v) is 9.00. The van der Waals surface area contributed by atoms with Gasteiger partial charge < -0.3 is 9.47 Å². The zero-order chi connectivity index (χ0) is 19.3. The van der Waals surface area contributed by atoms with Gasteiger partial charge in [-0.05, 0) is 54.6 Å². The lowest BCUT2D eigenvalue weighted by Crippen LogP contribution is -1.96. The maximum absolute atomic E-state index is 5.27. The molecule has 0 radical (unpaired) electrons. The molecule has 0 unspecified atom stereocenters. The Morgan fingerprint density at radius 1 is 0.536 bits per heavy atom. The van der Waals surface area contributed by atoms with Crippen LogP contribution in [0, 0.1) is 0 Å². The molecular formula is C24H20N2O2. The van der Waals surface area contributed by atoms with Crippen molar-refractivity contribution >= 4 is 0 Å². The Hall–Kier alpha value is -3.66. The summed E-state index contributed by atoms with van der Waals surface area (Å²) in [6.07, 6.45) is 0. The fourth-order valence-electron chi connectivity index (χ4n) is 2.98. The zero-order valence-corrected chi connectivity index (χ0v) is 15.8. The topological polar surface area (TPSA) is 44.2 Å². The van der Waals surface area contributed by atoms with Crippen LogP contribution in [0.3, 0.4) is 0 Å². The fraction of sp³-hybridized carbons (Fsp3) is 0.0833. The van der Waals surface area contributed by atoms with Crippen LogP contribution < -0.4 is 9.47 Å². The number of rotatable bonds is 5. The summed E-state index contributed by atoms with van der Waals surface area (Å²) < 4.78 is 10.5. The van der Waals surface area contributed by atoms with Gasteiger partial charge in [-0.15, -0.1) is 0 Å². The molecule has 0 saturated heterocycles. The first-order chi connectivity index (χ1) is 13.8. The molecule has 0 bridgehead atoms. The second-order valence-electron chi connectivity index (χ2n) is 6.29. The molecule has 0 atom stereocenters. The zero-order valence-electron chi connectivity index (χ0n) is 15.8. The number of benzene rings is 3. The summed E-state index contributed by atoms with van der Waals surface area (Å²) in [6.45, 7) is 0. The molecule has 0 aliphatic rings. The molecule has 3 aromatic carbocycles. The number of aromatic nitrogens is 2. The summed E-state index contributed by atoms with van der Waals surface area (Å²) in [5.41, 5.74) is 4.74. The number of hydrogen-bond acceptors (Lipinski definition) is 4. The summed E-state index contributed by atoms with van der Waals surface area (Å²) >= 11 is 0. The lowest BCUT2D eigenvalue weighted by atomic mass is 10.1. The van der Waals surface area contributed by atoms with Gasteiger partial charge in [0.25, 0.3) is 0 Å². The molecule has 0 aliphatic heterocycles. The molecule has 0 fully saturated rings. The molecule has 0 saturated carbocycles. The maximum atomic E-state index is 5.27. The standard InChI is InChI=1S/C24H20N2O2/c1-27-20-12-8-18(9-13-20)23-16-22(17-6-4-3-5-7-17)25-24(26-23)19-10-14-21(28-2)15-11-19/h3-16H,1-2H3. The molecule has 4 nitrogen and oxygen atoms in total. The molecule has 0 amide bonds. The second-order valence-corrected chi connectivity index (χ2v) is 6.29. The van der Waals surface area contributed by atoms with Crippen LogP contribution in [0.2, 0.25) is 0 Å². The molecule has 28 heavy (non-hydrogen) atoms. The number of methoxy groups -OCH3 is 2. The van der Waals surface area contributed by atoms with E-state index in [-0.39, 0.29) is 0 Å². The smallest absolute Gasteiger partial charge is 0.160 e. The van der Waals surface area contributed by atoms with Gasteiger partial charge in [-0.2, -0.15) is 0 Å². The van der Waals surface area contributed by atoms with Crippen molar-refractivity contribution in [1.29, 1.82) is 0 Å². The van der Waals surface area contributed by atoms with E-state index >= 15 is 0 Å². The first-order valence-electron chi connectivity index (χ1n) is 9.00. The van der Waals surface area contributed by atoms with E-state index in [1.165, 1.54) is 0 Å². The average Bonchev–Trinajstić information content (AvgIpc) is 2.79. The van der Waals surface area contributed by atoms with Crippen molar-refractivity contribution < 1.29 is 9.47 Å². The Morgan fingerprint density at radius 3 is 1.50 bits per heavy atom. The van der Waals surface area contributed by atoms with Gasteiger partial charge in [0.05, 0.1) is 25.6 Å². The van der Waals surface area contributed by atoms with Gasteiger partial charge in [-0.3, -0.25) is 0 Å². The second kappa shape index (κ2) is 7.92. The fourth-order valence-corrected chi connectivity index (χ4v) is 2.98. The third-order valence-corrected chi connectivity index (χ3v) is 4.53. The van der Waals surface area contributed by atoms with E-state index in [9.17, 15) is 0 Å². The van der Waals surface area contributed by atoms with Crippen molar-refractivity contribution in [3.8, 4) is 45.4 Å². The largest absolute Gasteiger partial charge is 0.497 e. The number of hydrogen-bond donors (Lipinski definition) is 0. The van der Waals surface area contributed by atoms with Gasteiger partial charge >= 0.3 is 0 Å². The van der Waals surface area contributed by atoms with Crippen LogP contribution in [0.25, 0.3) is 33.9 Å². The summed E-state index contributed by atoms with van der Waals surface area (Å²) in [5.74, 6) is 2.30. The van der Waals surface area contributed by atoms with Crippen LogP contribution in [-0.2, 0) is 0 Å². The molecule has 0 N–H and O–H groups in total. The third kappa shape index (κ3) is 3.71. The Morgan fingerprint density at radius 2 is 1.00 bits per heavy atom. The lowest BCUT2D eigenvalue weighted by molar-refractivity contribution is 0.415. The van der Waals surface area contributed by atoms with E-state index in [0.717, 1.165) is 39.6 Å². The van der Waals surface area contributed by atoms with Crippen molar-refractivity contribution in [3.05, 3.63) is 84.9 Å². The predicted octanol–water partition coefficient (Wildman–Crippen LogP) is 5.49. The van der Waals surface area contributed by atoms with E-state index in [4.69, 9.17) is 19.4 Å². The summed E-state index contributed by atoms with van der Waals surface area (Å²) in [5, 5.41) is 0. The van der Waals surface area contributed by atoms with Crippen molar-refractivity contribution in [2.75, 3.05) is 14.2 Å². The van der Waals surface area contributed by atoms with E-state index in [1.807, 2.05) is 72.8 Å². The van der Waals surface area contributed by atoms with Gasteiger partial charge in [0.15, 0.2) is 5.82 Å². The van der Waals surface area contributed by atoms with E-state index < -0.39 is 0 Å². The van der Waals surface area contributed by atoms with Gasteiger partial charge in [0.1, 0.15) is 11.5 Å². The third-order valence-electron chi connectivity index (χ3n) is 4.53. The summed E-state index contributed by atoms with van der Waals surface area (Å²) in [4.78, 5) is 9.63. The monoisotopic (exact) mass is 368 g/mol. The van der Waals surface area contributed by atoms with Gasteiger partial charge in [0, 0.05) is 16.7 Å². The highest BCUT2D eigenvalue weighted by molar-refractivity contribution is 5.72. The predicted molar refractivity (Wildman–Crippen MR) is 111 cm³/mol. The molecule has 1 heterocycles. The molecule has 0 spiro atoms. The quantitative estimate of drug-likeness (QED) is 0.467. The highest BCUT2D eigenvalue weighted by Gasteiger charge is 2.11. The minimum Gasteiger partial charge on any atom is -0.497 e. The molecule has 138 valence electrons. The highest BCUT2D eigenvalue weighted by Crippen LogP contribution is 2.29. The van der Waals surface area contributed by atoms with Crippen LogP contribution in [0.5, 0.6) is 11.5 Å². The molecule has 4 heteroatoms. The Balaban J connectivity index is 1.84. The number of nitrogens with zero attached hydrogens (tertiary/aromatic N) is 2. The van der Waals surface area contributed by atoms with Gasteiger partial charge in [-0.1, -0.05) is 30.3 Å². The maximum Gasteiger partial charge on any atom is 0.160 e. The minimum atomic E-state index is 0.676. The molecule has 0 aliphatic carbocycles. The molecular weight excluding hydrogens is 348 g/mol. The van der Waals surface area contributed by atoms with Crippen LogP contribution >= 0.6 is 0 Å². The van der Waals surface area contributed by atoms with Crippen LogP contribution in [-0.4, -0.2) is 24.2 Å². The van der Waals surface area contributed by atoms with E-state index in [2.05, 4.69) is 12.1 Å². The molecule has 4 aromatic rings. The summed E-state index contributed by atoms with van der Waals surface area (Å²) in [7, 11) is 3.32. The van der Waals surface area contributed by atoms with Crippen molar-refractivity contribution in [2.45, 2.75) is 0 Å². The Kier molecular flexibility index (Phi) is 5.02. The lowest BCUT2D eigenvalue weighted by Gasteiger charge is -2.10. The highest BCUT2D eigenvalue weighted by atomic mass is 16.5. The minimum absolute atomic E-state index is 0.676. The molecule has 1 aromatic heterocycles. The molecule has 4 rings (SSSR count). The van der Waals surface area contributed by atoms with Gasteiger partial charge in [-0.25, -0.2) is 9.97 Å². The summed E-state index contributed by atoms with van der Waals surface area (Å²) in [6, 6.07) is 27.8. The van der Waals surface area contributed by atoms with Crippen LogP contribution in [0.15, 0.2) is 84.9 Å². The van der Waals surface area contributed by atoms with Crippen molar-refractivity contribution in [2.24, 2.45) is 0 Å². The van der Waals surface area contributed by atoms with Crippen molar-refractivity contribution in [1.82, 2.24) is 9.97 Å². The Bertz CT molecular complexity index is 994. The van der Waals surface area contributed by atoms with E-state index in [0.29, 0.717) is 5.82 Å². The van der Waals surface area contributed by atoms with Crippen molar-refractivity contribution in [3.63, 3.8) is 0 Å². The van der Waals surface area contributed by atoms with E-state index in [1.54, 1.807) is 14.2 Å². The van der Waals surface area contributed by atoms with Gasteiger partial charge in [0.2, 0.25) is 0 Å². The number of ether oxygens (including phenoxy) is 2. The Labute approximate surface area is 164 Å². The van der Waals surface area contributed by atoms with Crippen LogP contribution in [0.1, 0.15) is 0 Å². The average molecular weight is 368 g/mol. The van der Waals surface area contributed by atoms with Crippen LogP contribution in [0.4, 0.5) is 0 Å². The SMILES string of the molecule is COc1ccc(-c2cc(-c3ccccc3)nc(-c3ccc(OC)cc3)n2)cc1.